The summed E-state index contributed by atoms with van der Waals surface area (Å²) in [4.78, 5) is 8.14. The van der Waals surface area contributed by atoms with Crippen molar-refractivity contribution < 1.29 is 0 Å². The fourth-order valence-corrected chi connectivity index (χ4v) is 3.21. The molecular weight excluding hydrogens is 248 g/mol. The van der Waals surface area contributed by atoms with E-state index in [2.05, 4.69) is 40.9 Å². The minimum Gasteiger partial charge on any atom is -0.360 e. The lowest BCUT2D eigenvalue weighted by Crippen LogP contribution is -2.31. The van der Waals surface area contributed by atoms with Crippen LogP contribution in [-0.2, 0) is 13.0 Å². The molecule has 1 aliphatic heterocycles. The van der Waals surface area contributed by atoms with Gasteiger partial charge in [0.2, 0.25) is 0 Å². The molecule has 0 fully saturated rings. The third-order valence-corrected chi connectivity index (χ3v) is 4.28. The van der Waals surface area contributed by atoms with Crippen LogP contribution in [0.5, 0.6) is 0 Å². The van der Waals surface area contributed by atoms with Gasteiger partial charge in [-0.2, -0.15) is 0 Å². The molecule has 0 radical (unpaired) electrons. The van der Waals surface area contributed by atoms with E-state index in [0.717, 1.165) is 36.4 Å². The van der Waals surface area contributed by atoms with E-state index in [1.165, 1.54) is 16.6 Å². The summed E-state index contributed by atoms with van der Waals surface area (Å²) in [5.41, 5.74) is 10.8. The first-order valence-electron chi connectivity index (χ1n) is 7.12. The lowest BCUT2D eigenvalue weighted by Gasteiger charge is -2.22. The standard InChI is InChI=1S/C16H18N4/c1-10-15-8-11(17)6-7-20(15)16(19-10)13-9-18-14-5-3-2-4-12(13)14/h2-5,9,11,18H,6-8,17H2,1H3. The second kappa shape index (κ2) is 4.21. The van der Waals surface area contributed by atoms with Gasteiger partial charge in [0.1, 0.15) is 5.82 Å². The zero-order valence-electron chi connectivity index (χ0n) is 11.6. The third kappa shape index (κ3) is 1.61. The van der Waals surface area contributed by atoms with Crippen molar-refractivity contribution in [2.24, 2.45) is 5.73 Å². The Morgan fingerprint density at radius 2 is 2.20 bits per heavy atom. The molecule has 20 heavy (non-hydrogen) atoms. The van der Waals surface area contributed by atoms with Gasteiger partial charge in [-0.05, 0) is 19.4 Å². The summed E-state index contributed by atoms with van der Waals surface area (Å²) < 4.78 is 2.34. The number of nitrogens with two attached hydrogens (primary N) is 1. The van der Waals surface area contributed by atoms with Gasteiger partial charge in [-0.15, -0.1) is 0 Å². The molecule has 4 heteroatoms. The zero-order chi connectivity index (χ0) is 13.7. The van der Waals surface area contributed by atoms with E-state index in [1.807, 2.05) is 6.07 Å². The van der Waals surface area contributed by atoms with Crippen LogP contribution in [0.1, 0.15) is 17.8 Å². The van der Waals surface area contributed by atoms with E-state index >= 15 is 0 Å². The summed E-state index contributed by atoms with van der Waals surface area (Å²) >= 11 is 0. The van der Waals surface area contributed by atoms with Gasteiger partial charge in [0, 0.05) is 47.4 Å². The van der Waals surface area contributed by atoms with Gasteiger partial charge in [0.25, 0.3) is 0 Å². The van der Waals surface area contributed by atoms with Gasteiger partial charge in [-0.3, -0.25) is 0 Å². The maximum Gasteiger partial charge on any atom is 0.142 e. The van der Waals surface area contributed by atoms with Crippen molar-refractivity contribution in [3.05, 3.63) is 41.9 Å². The van der Waals surface area contributed by atoms with E-state index in [9.17, 15) is 0 Å². The molecule has 1 atom stereocenters. The SMILES string of the molecule is Cc1nc(-c2c[nH]c3ccccc23)n2c1CC(N)CC2. The number of imidazole rings is 1. The lowest BCUT2D eigenvalue weighted by atomic mass is 10.0. The van der Waals surface area contributed by atoms with Crippen LogP contribution in [0.15, 0.2) is 30.5 Å². The highest BCUT2D eigenvalue weighted by Gasteiger charge is 2.23. The van der Waals surface area contributed by atoms with Crippen LogP contribution in [0.3, 0.4) is 0 Å². The molecule has 0 aliphatic carbocycles. The Hall–Kier alpha value is -2.07. The Balaban J connectivity index is 1.93. The van der Waals surface area contributed by atoms with Crippen LogP contribution in [0.2, 0.25) is 0 Å². The first kappa shape index (κ1) is 11.7. The number of nitrogens with one attached hydrogen (secondary N) is 1. The van der Waals surface area contributed by atoms with E-state index in [0.29, 0.717) is 0 Å². The molecular formula is C16H18N4. The number of para-hydroxylation sites is 1. The number of aromatic nitrogens is 3. The fraction of sp³-hybridized carbons (Fsp3) is 0.312. The Morgan fingerprint density at radius 1 is 1.35 bits per heavy atom. The monoisotopic (exact) mass is 266 g/mol. The molecule has 1 unspecified atom stereocenters. The maximum absolute atomic E-state index is 6.09. The molecule has 0 bridgehead atoms. The van der Waals surface area contributed by atoms with Crippen molar-refractivity contribution in [3.8, 4) is 11.4 Å². The number of aryl methyl sites for hydroxylation is 1. The minimum atomic E-state index is 0.272. The highest BCUT2D eigenvalue weighted by atomic mass is 15.1. The van der Waals surface area contributed by atoms with Crippen molar-refractivity contribution in [2.75, 3.05) is 0 Å². The molecule has 3 heterocycles. The van der Waals surface area contributed by atoms with Crippen LogP contribution in [0, 0.1) is 6.92 Å². The Kier molecular flexibility index (Phi) is 2.47. The van der Waals surface area contributed by atoms with Crippen molar-refractivity contribution in [2.45, 2.75) is 32.4 Å². The number of rotatable bonds is 1. The lowest BCUT2D eigenvalue weighted by molar-refractivity contribution is 0.473. The van der Waals surface area contributed by atoms with Gasteiger partial charge >= 0.3 is 0 Å². The molecule has 1 aromatic carbocycles. The molecule has 1 aliphatic rings. The van der Waals surface area contributed by atoms with Crippen LogP contribution in [-0.4, -0.2) is 20.6 Å². The molecule has 0 spiro atoms. The van der Waals surface area contributed by atoms with E-state index in [-0.39, 0.29) is 6.04 Å². The van der Waals surface area contributed by atoms with Crippen LogP contribution in [0.4, 0.5) is 0 Å². The smallest absolute Gasteiger partial charge is 0.142 e. The van der Waals surface area contributed by atoms with Gasteiger partial charge < -0.3 is 15.3 Å². The number of benzene rings is 1. The van der Waals surface area contributed by atoms with Gasteiger partial charge in [0.15, 0.2) is 0 Å². The average molecular weight is 266 g/mol. The highest BCUT2D eigenvalue weighted by Crippen LogP contribution is 2.31. The highest BCUT2D eigenvalue weighted by molar-refractivity contribution is 5.93. The number of nitrogens with zero attached hydrogens (tertiary/aromatic N) is 2. The van der Waals surface area contributed by atoms with E-state index in [4.69, 9.17) is 10.7 Å². The third-order valence-electron chi connectivity index (χ3n) is 4.28. The summed E-state index contributed by atoms with van der Waals surface area (Å²) in [5.74, 6) is 1.07. The summed E-state index contributed by atoms with van der Waals surface area (Å²) in [5, 5.41) is 1.23. The summed E-state index contributed by atoms with van der Waals surface area (Å²) in [6.45, 7) is 3.05. The van der Waals surface area contributed by atoms with E-state index < -0.39 is 0 Å². The van der Waals surface area contributed by atoms with Crippen LogP contribution in [0.25, 0.3) is 22.3 Å². The maximum atomic E-state index is 6.09. The van der Waals surface area contributed by atoms with Crippen molar-refractivity contribution in [3.63, 3.8) is 0 Å². The topological polar surface area (TPSA) is 59.6 Å². The predicted molar refractivity (Wildman–Crippen MR) is 80.6 cm³/mol. The second-order valence-corrected chi connectivity index (χ2v) is 5.62. The molecule has 3 N–H and O–H groups in total. The molecule has 3 aromatic rings. The Bertz CT molecular complexity index is 781. The number of H-pyrrole nitrogens is 1. The Labute approximate surface area is 117 Å². The first-order valence-corrected chi connectivity index (χ1v) is 7.12. The molecule has 0 saturated heterocycles. The number of hydrogen-bond acceptors (Lipinski definition) is 2. The number of aromatic amines is 1. The summed E-state index contributed by atoms with van der Waals surface area (Å²) in [7, 11) is 0. The molecule has 0 amide bonds. The largest absolute Gasteiger partial charge is 0.360 e. The zero-order valence-corrected chi connectivity index (χ0v) is 11.6. The minimum absolute atomic E-state index is 0.272. The number of fused-ring (bicyclic) bond motifs is 2. The van der Waals surface area contributed by atoms with Crippen LogP contribution < -0.4 is 5.73 Å². The molecule has 4 rings (SSSR count). The normalized spacial score (nSPS) is 18.4. The van der Waals surface area contributed by atoms with Crippen molar-refractivity contribution in [1.29, 1.82) is 0 Å². The summed E-state index contributed by atoms with van der Waals surface area (Å²) in [6, 6.07) is 8.64. The number of hydrogen-bond donors (Lipinski definition) is 2. The molecule has 0 saturated carbocycles. The Morgan fingerprint density at radius 3 is 3.10 bits per heavy atom. The van der Waals surface area contributed by atoms with Crippen molar-refractivity contribution in [1.82, 2.24) is 14.5 Å². The van der Waals surface area contributed by atoms with E-state index in [1.54, 1.807) is 0 Å². The van der Waals surface area contributed by atoms with Crippen molar-refractivity contribution >= 4 is 10.9 Å². The molecule has 2 aromatic heterocycles. The fourth-order valence-electron chi connectivity index (χ4n) is 3.21. The average Bonchev–Trinajstić information content (AvgIpc) is 3.01. The predicted octanol–water partition coefficient (Wildman–Crippen LogP) is 2.61. The van der Waals surface area contributed by atoms with Gasteiger partial charge in [-0.1, -0.05) is 18.2 Å². The van der Waals surface area contributed by atoms with Gasteiger partial charge in [0.05, 0.1) is 5.69 Å². The summed E-state index contributed by atoms with van der Waals surface area (Å²) in [6.07, 6.45) is 4.02. The molecule has 4 nitrogen and oxygen atoms in total. The first-order chi connectivity index (χ1) is 9.74. The van der Waals surface area contributed by atoms with Crippen LogP contribution >= 0.6 is 0 Å². The second-order valence-electron chi connectivity index (χ2n) is 5.62. The molecule has 102 valence electrons. The quantitative estimate of drug-likeness (QED) is 0.711. The van der Waals surface area contributed by atoms with Gasteiger partial charge in [-0.25, -0.2) is 4.98 Å².